The smallest absolute Gasteiger partial charge is 0.217 e. The number of rotatable bonds is 6. The molecule has 1 heterocycles. The predicted molar refractivity (Wildman–Crippen MR) is 93.4 cm³/mol. The second-order valence-electron chi connectivity index (χ2n) is 6.49. The lowest BCUT2D eigenvalue weighted by Gasteiger charge is -2.22. The second kappa shape index (κ2) is 7.47. The maximum Gasteiger partial charge on any atom is 0.217 e. The Bertz CT molecular complexity index is 707. The molecule has 1 aromatic carbocycles. The van der Waals surface area contributed by atoms with Crippen molar-refractivity contribution in [1.29, 1.82) is 0 Å². The lowest BCUT2D eigenvalue weighted by molar-refractivity contribution is -0.120. The summed E-state index contributed by atoms with van der Waals surface area (Å²) in [5.74, 6) is 2.44. The minimum atomic E-state index is -0.229. The van der Waals surface area contributed by atoms with Crippen molar-refractivity contribution < 1.29 is 9.53 Å². The standard InChI is InChI=1S/C18H26N4O2/c1-11(2)16(19-13(5)23)18-20-17(12(3)4)21-22(18)14-9-7-8-10-15(14)24-6/h7-12,16H,1-6H3,(H,19,23). The first-order chi connectivity index (χ1) is 11.3. The van der Waals surface area contributed by atoms with Crippen molar-refractivity contribution >= 4 is 5.91 Å². The molecule has 0 saturated carbocycles. The fourth-order valence-electron chi connectivity index (χ4n) is 2.52. The molecule has 1 unspecified atom stereocenters. The van der Waals surface area contributed by atoms with Crippen LogP contribution in [0.5, 0.6) is 5.75 Å². The number of nitrogens with zero attached hydrogens (tertiary/aromatic N) is 3. The lowest BCUT2D eigenvalue weighted by Crippen LogP contribution is -2.32. The highest BCUT2D eigenvalue weighted by atomic mass is 16.5. The summed E-state index contributed by atoms with van der Waals surface area (Å²) in [7, 11) is 1.63. The molecule has 0 radical (unpaired) electrons. The Hall–Kier alpha value is -2.37. The third-order valence-electron chi connectivity index (χ3n) is 3.78. The Morgan fingerprint density at radius 3 is 2.42 bits per heavy atom. The van der Waals surface area contributed by atoms with Gasteiger partial charge < -0.3 is 10.1 Å². The number of nitrogens with one attached hydrogen (secondary N) is 1. The SMILES string of the molecule is COc1ccccc1-n1nc(C(C)C)nc1C(NC(C)=O)C(C)C. The first-order valence-corrected chi connectivity index (χ1v) is 8.22. The number of carbonyl (C=O) groups is 1. The molecule has 6 nitrogen and oxygen atoms in total. The summed E-state index contributed by atoms with van der Waals surface area (Å²) in [6.45, 7) is 9.72. The average molecular weight is 330 g/mol. The Labute approximate surface area is 143 Å². The predicted octanol–water partition coefficient (Wildman–Crippen LogP) is 3.23. The summed E-state index contributed by atoms with van der Waals surface area (Å²) in [6, 6.07) is 7.44. The van der Waals surface area contributed by atoms with Gasteiger partial charge in [0.15, 0.2) is 11.6 Å². The highest BCUT2D eigenvalue weighted by Gasteiger charge is 2.26. The molecule has 130 valence electrons. The van der Waals surface area contributed by atoms with Crippen LogP contribution in [-0.2, 0) is 4.79 Å². The van der Waals surface area contributed by atoms with E-state index in [4.69, 9.17) is 9.72 Å². The number of amides is 1. The average Bonchev–Trinajstić information content (AvgIpc) is 2.97. The van der Waals surface area contributed by atoms with E-state index in [1.165, 1.54) is 6.92 Å². The van der Waals surface area contributed by atoms with Gasteiger partial charge in [-0.3, -0.25) is 4.79 Å². The summed E-state index contributed by atoms with van der Waals surface area (Å²) in [5, 5.41) is 7.67. The molecule has 0 aliphatic rings. The van der Waals surface area contributed by atoms with E-state index < -0.39 is 0 Å². The van der Waals surface area contributed by atoms with E-state index in [0.717, 1.165) is 11.5 Å². The quantitative estimate of drug-likeness (QED) is 0.883. The summed E-state index contributed by atoms with van der Waals surface area (Å²) in [4.78, 5) is 16.4. The summed E-state index contributed by atoms with van der Waals surface area (Å²) in [5.41, 5.74) is 0.811. The van der Waals surface area contributed by atoms with E-state index >= 15 is 0 Å². The van der Waals surface area contributed by atoms with Gasteiger partial charge in [0.25, 0.3) is 0 Å². The molecule has 0 aliphatic carbocycles. The van der Waals surface area contributed by atoms with Gasteiger partial charge >= 0.3 is 0 Å². The van der Waals surface area contributed by atoms with Gasteiger partial charge in [0.1, 0.15) is 11.4 Å². The Balaban J connectivity index is 2.63. The van der Waals surface area contributed by atoms with Crippen LogP contribution >= 0.6 is 0 Å². The molecule has 1 amide bonds. The fourth-order valence-corrected chi connectivity index (χ4v) is 2.52. The second-order valence-corrected chi connectivity index (χ2v) is 6.49. The molecular formula is C18H26N4O2. The van der Waals surface area contributed by atoms with Crippen molar-refractivity contribution in [3.63, 3.8) is 0 Å². The van der Waals surface area contributed by atoms with Crippen molar-refractivity contribution in [2.45, 2.75) is 46.6 Å². The van der Waals surface area contributed by atoms with Crippen LogP contribution in [0.4, 0.5) is 0 Å². The first-order valence-electron chi connectivity index (χ1n) is 8.22. The van der Waals surface area contributed by atoms with Crippen molar-refractivity contribution in [3.8, 4) is 11.4 Å². The van der Waals surface area contributed by atoms with Crippen LogP contribution in [0.1, 0.15) is 58.2 Å². The molecule has 0 fully saturated rings. The largest absolute Gasteiger partial charge is 0.494 e. The van der Waals surface area contributed by atoms with Crippen LogP contribution in [0.2, 0.25) is 0 Å². The Kier molecular flexibility index (Phi) is 5.59. The van der Waals surface area contributed by atoms with E-state index in [2.05, 4.69) is 38.1 Å². The van der Waals surface area contributed by atoms with Crippen molar-refractivity contribution in [3.05, 3.63) is 35.9 Å². The van der Waals surface area contributed by atoms with E-state index in [0.29, 0.717) is 11.6 Å². The van der Waals surface area contributed by atoms with E-state index in [1.54, 1.807) is 11.8 Å². The number of ether oxygens (including phenoxy) is 1. The maximum atomic E-state index is 11.7. The fraction of sp³-hybridized carbons (Fsp3) is 0.500. The molecule has 1 N–H and O–H groups in total. The van der Waals surface area contributed by atoms with Crippen LogP contribution in [0.3, 0.4) is 0 Å². The van der Waals surface area contributed by atoms with Crippen molar-refractivity contribution in [2.24, 2.45) is 5.92 Å². The number of aromatic nitrogens is 3. The number of benzene rings is 1. The van der Waals surface area contributed by atoms with Gasteiger partial charge in [-0.2, -0.15) is 5.10 Å². The first kappa shape index (κ1) is 18.0. The Morgan fingerprint density at radius 1 is 1.21 bits per heavy atom. The summed E-state index contributed by atoms with van der Waals surface area (Å²) < 4.78 is 7.26. The monoisotopic (exact) mass is 330 g/mol. The minimum absolute atomic E-state index is 0.0885. The maximum absolute atomic E-state index is 11.7. The number of carbonyl (C=O) groups excluding carboxylic acids is 1. The molecule has 0 bridgehead atoms. The van der Waals surface area contributed by atoms with Crippen LogP contribution in [-0.4, -0.2) is 27.8 Å². The van der Waals surface area contributed by atoms with Gasteiger partial charge in [-0.1, -0.05) is 39.8 Å². The zero-order chi connectivity index (χ0) is 17.9. The zero-order valence-electron chi connectivity index (χ0n) is 15.2. The summed E-state index contributed by atoms with van der Waals surface area (Å²) in [6.07, 6.45) is 0. The van der Waals surface area contributed by atoms with Gasteiger partial charge in [-0.25, -0.2) is 9.67 Å². The molecule has 1 aromatic heterocycles. The highest BCUT2D eigenvalue weighted by Crippen LogP contribution is 2.29. The van der Waals surface area contributed by atoms with Gasteiger partial charge in [-0.05, 0) is 18.1 Å². The number of hydrogen-bond donors (Lipinski definition) is 1. The van der Waals surface area contributed by atoms with E-state index in [-0.39, 0.29) is 23.8 Å². The zero-order valence-corrected chi connectivity index (χ0v) is 15.2. The minimum Gasteiger partial charge on any atom is -0.494 e. The highest BCUT2D eigenvalue weighted by molar-refractivity contribution is 5.73. The van der Waals surface area contributed by atoms with Gasteiger partial charge in [-0.15, -0.1) is 0 Å². The van der Waals surface area contributed by atoms with E-state index in [9.17, 15) is 4.79 Å². The van der Waals surface area contributed by atoms with Crippen LogP contribution < -0.4 is 10.1 Å². The van der Waals surface area contributed by atoms with Crippen LogP contribution in [0.15, 0.2) is 24.3 Å². The molecule has 2 aromatic rings. The van der Waals surface area contributed by atoms with Gasteiger partial charge in [0, 0.05) is 12.8 Å². The number of hydrogen-bond acceptors (Lipinski definition) is 4. The molecule has 6 heteroatoms. The molecule has 0 aliphatic heterocycles. The molecule has 1 atom stereocenters. The lowest BCUT2D eigenvalue weighted by atomic mass is 10.0. The van der Waals surface area contributed by atoms with E-state index in [1.807, 2.05) is 24.3 Å². The van der Waals surface area contributed by atoms with Crippen molar-refractivity contribution in [2.75, 3.05) is 7.11 Å². The molecular weight excluding hydrogens is 304 g/mol. The van der Waals surface area contributed by atoms with Gasteiger partial charge in [0.05, 0.1) is 13.2 Å². The van der Waals surface area contributed by atoms with Gasteiger partial charge in [0.2, 0.25) is 5.91 Å². The topological polar surface area (TPSA) is 69.0 Å². The normalized spacial score (nSPS) is 12.5. The van der Waals surface area contributed by atoms with Crippen molar-refractivity contribution in [1.82, 2.24) is 20.1 Å². The third kappa shape index (κ3) is 3.75. The third-order valence-corrected chi connectivity index (χ3v) is 3.78. The number of methoxy groups -OCH3 is 1. The molecule has 0 saturated heterocycles. The molecule has 24 heavy (non-hydrogen) atoms. The molecule has 0 spiro atoms. The van der Waals surface area contributed by atoms with Crippen LogP contribution in [0, 0.1) is 5.92 Å². The number of para-hydroxylation sites is 2. The molecule has 2 rings (SSSR count). The summed E-state index contributed by atoms with van der Waals surface area (Å²) >= 11 is 0. The Morgan fingerprint density at radius 2 is 1.88 bits per heavy atom. The van der Waals surface area contributed by atoms with Crippen LogP contribution in [0.25, 0.3) is 5.69 Å².